The molecule has 0 amide bonds. The lowest BCUT2D eigenvalue weighted by molar-refractivity contribution is -0.122. The molecule has 0 aliphatic heterocycles. The highest BCUT2D eigenvalue weighted by atomic mass is 32.2. The molecule has 0 unspecified atom stereocenters. The van der Waals surface area contributed by atoms with Gasteiger partial charge in [0.25, 0.3) is 16.5 Å². The van der Waals surface area contributed by atoms with Crippen molar-refractivity contribution in [3.8, 4) is 0 Å². The highest BCUT2D eigenvalue weighted by Crippen LogP contribution is 2.15. The molecule has 0 aromatic carbocycles. The van der Waals surface area contributed by atoms with Gasteiger partial charge in [-0.3, -0.25) is 14.5 Å². The fourth-order valence-corrected chi connectivity index (χ4v) is 2.74. The molecule has 2 aromatic rings. The maximum absolute atomic E-state index is 11.9. The molecule has 19 heavy (non-hydrogen) atoms. The third-order valence-electron chi connectivity index (χ3n) is 1.83. The van der Waals surface area contributed by atoms with Gasteiger partial charge in [0.1, 0.15) is 4.90 Å². The van der Waals surface area contributed by atoms with E-state index in [9.17, 15) is 8.42 Å². The molecule has 9 heteroatoms. The van der Waals surface area contributed by atoms with Gasteiger partial charge < -0.3 is 5.11 Å². The number of pyridine rings is 1. The normalized spacial score (nSPS) is 10.2. The Morgan fingerprint density at radius 3 is 2.63 bits per heavy atom. The number of carboxylic acid groups (broad SMARTS) is 1. The lowest BCUT2D eigenvalue weighted by Gasteiger charge is -2.05. The molecule has 2 N–H and O–H groups in total. The van der Waals surface area contributed by atoms with Gasteiger partial charge in [0.15, 0.2) is 5.82 Å². The van der Waals surface area contributed by atoms with E-state index in [-0.39, 0.29) is 11.4 Å². The first-order valence-electron chi connectivity index (χ1n) is 4.90. The van der Waals surface area contributed by atoms with E-state index in [1.165, 1.54) is 17.5 Å². The van der Waals surface area contributed by atoms with Crippen molar-refractivity contribution < 1.29 is 18.3 Å². The van der Waals surface area contributed by atoms with Crippen LogP contribution in [0, 0.1) is 6.92 Å². The zero-order valence-electron chi connectivity index (χ0n) is 9.85. The number of carbonyl (C=O) groups is 1. The van der Waals surface area contributed by atoms with E-state index in [1.807, 2.05) is 0 Å². The number of nitrogens with one attached hydrogen (secondary N) is 1. The molecule has 0 aliphatic rings. The van der Waals surface area contributed by atoms with Crippen molar-refractivity contribution in [3.05, 3.63) is 34.9 Å². The second-order valence-electron chi connectivity index (χ2n) is 3.28. The maximum Gasteiger partial charge on any atom is 0.290 e. The van der Waals surface area contributed by atoms with Gasteiger partial charge in [0.2, 0.25) is 0 Å². The van der Waals surface area contributed by atoms with Gasteiger partial charge >= 0.3 is 0 Å². The van der Waals surface area contributed by atoms with E-state index in [2.05, 4.69) is 14.7 Å². The third kappa shape index (κ3) is 4.64. The van der Waals surface area contributed by atoms with Crippen molar-refractivity contribution >= 4 is 33.7 Å². The van der Waals surface area contributed by atoms with Crippen LogP contribution in [0.4, 0.5) is 5.82 Å². The van der Waals surface area contributed by atoms with Gasteiger partial charge in [-0.25, -0.2) is 13.4 Å². The zero-order valence-corrected chi connectivity index (χ0v) is 11.5. The first-order valence-corrected chi connectivity index (χ1v) is 7.32. The smallest absolute Gasteiger partial charge is 0.290 e. The highest BCUT2D eigenvalue weighted by molar-refractivity contribution is 7.92. The first kappa shape index (κ1) is 15.1. The molecular weight excluding hydrogens is 290 g/mol. The summed E-state index contributed by atoms with van der Waals surface area (Å²) in [6.07, 6.45) is 2.91. The number of aromatic nitrogens is 2. The van der Waals surface area contributed by atoms with Crippen molar-refractivity contribution in [3.63, 3.8) is 0 Å². The topological polar surface area (TPSA) is 109 Å². The Morgan fingerprint density at radius 1 is 1.42 bits per heavy atom. The van der Waals surface area contributed by atoms with E-state index in [0.717, 1.165) is 5.56 Å². The Labute approximate surface area is 114 Å². The zero-order chi connectivity index (χ0) is 14.3. The fraction of sp³-hybridized carbons (Fsp3) is 0.100. The van der Waals surface area contributed by atoms with Gasteiger partial charge in [0.05, 0.1) is 5.51 Å². The number of anilines is 1. The average molecular weight is 301 g/mol. The summed E-state index contributed by atoms with van der Waals surface area (Å²) in [7, 11) is -3.57. The number of sulfonamides is 1. The molecule has 0 saturated carbocycles. The molecule has 0 saturated heterocycles. The van der Waals surface area contributed by atoms with Crippen molar-refractivity contribution in [1.29, 1.82) is 0 Å². The number of rotatable bonds is 3. The Bertz CT molecular complexity index is 626. The number of hydrogen-bond acceptors (Lipinski definition) is 6. The lowest BCUT2D eigenvalue weighted by Crippen LogP contribution is -2.13. The van der Waals surface area contributed by atoms with E-state index in [0.29, 0.717) is 5.82 Å². The Morgan fingerprint density at radius 2 is 2.11 bits per heavy atom. The predicted molar refractivity (Wildman–Crippen MR) is 70.6 cm³/mol. The SMILES string of the molecule is Cc1cncc(S(=O)(=O)Nc2cscn2)c1.O=CO. The van der Waals surface area contributed by atoms with Crippen LogP contribution in [0.15, 0.2) is 34.2 Å². The Hall–Kier alpha value is -2.00. The molecule has 7 nitrogen and oxygen atoms in total. The van der Waals surface area contributed by atoms with Crippen LogP contribution in [0.2, 0.25) is 0 Å². The summed E-state index contributed by atoms with van der Waals surface area (Å²) in [5, 5.41) is 8.51. The summed E-state index contributed by atoms with van der Waals surface area (Å²) >= 11 is 1.32. The predicted octanol–water partition coefficient (Wildman–Crippen LogP) is 1.35. The largest absolute Gasteiger partial charge is 0.483 e. The van der Waals surface area contributed by atoms with E-state index in [1.54, 1.807) is 30.1 Å². The molecule has 0 spiro atoms. The van der Waals surface area contributed by atoms with Crippen LogP contribution in [0.1, 0.15) is 5.56 Å². The van der Waals surface area contributed by atoms with Gasteiger partial charge in [-0.15, -0.1) is 11.3 Å². The number of nitrogens with zero attached hydrogens (tertiary/aromatic N) is 2. The van der Waals surface area contributed by atoms with Crippen LogP contribution in [-0.2, 0) is 14.8 Å². The van der Waals surface area contributed by atoms with Crippen LogP contribution in [0.3, 0.4) is 0 Å². The number of hydrogen-bond donors (Lipinski definition) is 2. The lowest BCUT2D eigenvalue weighted by atomic mass is 10.3. The van der Waals surface area contributed by atoms with Gasteiger partial charge in [0, 0.05) is 17.8 Å². The van der Waals surface area contributed by atoms with E-state index < -0.39 is 10.0 Å². The maximum atomic E-state index is 11.9. The minimum Gasteiger partial charge on any atom is -0.483 e. The molecule has 102 valence electrons. The number of aryl methyl sites for hydroxylation is 1. The van der Waals surface area contributed by atoms with Crippen LogP contribution < -0.4 is 4.72 Å². The average Bonchev–Trinajstić information content (AvgIpc) is 2.82. The molecule has 0 atom stereocenters. The van der Waals surface area contributed by atoms with Gasteiger partial charge in [-0.05, 0) is 18.6 Å². The van der Waals surface area contributed by atoms with Crippen molar-refractivity contribution in [2.75, 3.05) is 4.72 Å². The summed E-state index contributed by atoms with van der Waals surface area (Å²) in [5.41, 5.74) is 2.35. The molecule has 2 aromatic heterocycles. The Kier molecular flexibility index (Phi) is 5.39. The molecule has 0 fully saturated rings. The second-order valence-corrected chi connectivity index (χ2v) is 5.68. The van der Waals surface area contributed by atoms with Gasteiger partial charge in [-0.2, -0.15) is 0 Å². The van der Waals surface area contributed by atoms with E-state index >= 15 is 0 Å². The molecule has 2 heterocycles. The second kappa shape index (κ2) is 6.81. The Balaban J connectivity index is 0.000000550. The van der Waals surface area contributed by atoms with Crippen LogP contribution in [-0.4, -0.2) is 30.0 Å². The summed E-state index contributed by atoms with van der Waals surface area (Å²) in [6.45, 7) is 1.54. The first-order chi connectivity index (χ1) is 8.99. The summed E-state index contributed by atoms with van der Waals surface area (Å²) in [6, 6.07) is 1.56. The number of thiazole rings is 1. The molecule has 2 rings (SSSR count). The van der Waals surface area contributed by atoms with Crippen LogP contribution in [0.25, 0.3) is 0 Å². The fourth-order valence-electron chi connectivity index (χ4n) is 1.13. The standard InChI is InChI=1S/C9H9N3O2S2.CH2O2/c1-7-2-8(4-10-3-7)16(13,14)12-9-5-15-6-11-9;2-1-3/h2-6,12H,1H3;1H,(H,2,3). The summed E-state index contributed by atoms with van der Waals surface area (Å²) in [5.74, 6) is 0.325. The van der Waals surface area contributed by atoms with Crippen LogP contribution in [0.5, 0.6) is 0 Å². The molecule has 0 bridgehead atoms. The molecular formula is C10H11N3O4S2. The molecule has 0 radical (unpaired) electrons. The molecule has 0 aliphatic carbocycles. The van der Waals surface area contributed by atoms with Crippen molar-refractivity contribution in [2.24, 2.45) is 0 Å². The quantitative estimate of drug-likeness (QED) is 0.828. The van der Waals surface area contributed by atoms with E-state index in [4.69, 9.17) is 9.90 Å². The minimum atomic E-state index is -3.57. The summed E-state index contributed by atoms with van der Waals surface area (Å²) in [4.78, 5) is 16.2. The van der Waals surface area contributed by atoms with Crippen molar-refractivity contribution in [1.82, 2.24) is 9.97 Å². The summed E-state index contributed by atoms with van der Waals surface area (Å²) < 4.78 is 26.1. The highest BCUT2D eigenvalue weighted by Gasteiger charge is 2.15. The third-order valence-corrected chi connectivity index (χ3v) is 3.74. The monoisotopic (exact) mass is 301 g/mol. The van der Waals surface area contributed by atoms with Crippen molar-refractivity contribution in [2.45, 2.75) is 11.8 Å². The van der Waals surface area contributed by atoms with Crippen LogP contribution >= 0.6 is 11.3 Å². The minimum absolute atomic E-state index is 0.139. The van der Waals surface area contributed by atoms with Gasteiger partial charge in [-0.1, -0.05) is 0 Å².